The predicted octanol–water partition coefficient (Wildman–Crippen LogP) is 2.66. The van der Waals surface area contributed by atoms with Crippen molar-refractivity contribution in [1.29, 1.82) is 0 Å². The number of fused-ring (bicyclic) bond motifs is 1. The molecule has 0 aromatic heterocycles. The van der Waals surface area contributed by atoms with E-state index in [-0.39, 0.29) is 5.91 Å². The first-order valence-corrected chi connectivity index (χ1v) is 5.58. The Hall–Kier alpha value is -1.31. The highest BCUT2D eigenvalue weighted by Crippen LogP contribution is 2.30. The third-order valence-corrected chi connectivity index (χ3v) is 3.11. The number of carbonyl (C=O) groups is 1. The molecule has 2 rings (SSSR count). The molecule has 0 bridgehead atoms. The van der Waals surface area contributed by atoms with Crippen LogP contribution in [0.15, 0.2) is 24.3 Å². The first kappa shape index (κ1) is 10.2. The molecular formula is C13H17NO. The summed E-state index contributed by atoms with van der Waals surface area (Å²) in [7, 11) is 1.89. The quantitative estimate of drug-likeness (QED) is 0.723. The number of amides is 1. The van der Waals surface area contributed by atoms with E-state index in [1.165, 1.54) is 12.0 Å². The van der Waals surface area contributed by atoms with Crippen LogP contribution in [0.4, 0.5) is 0 Å². The number of hydrogen-bond donors (Lipinski definition) is 0. The highest BCUT2D eigenvalue weighted by molar-refractivity contribution is 5.96. The molecule has 1 amide bonds. The summed E-state index contributed by atoms with van der Waals surface area (Å²) >= 11 is 0. The van der Waals surface area contributed by atoms with Gasteiger partial charge in [-0.05, 0) is 18.1 Å². The molecule has 2 heteroatoms. The Kier molecular flexibility index (Phi) is 2.76. The monoisotopic (exact) mass is 203 g/mol. The molecule has 0 aliphatic carbocycles. The summed E-state index contributed by atoms with van der Waals surface area (Å²) < 4.78 is 0. The number of likely N-dealkylation sites (N-methyl/N-ethyl adjacent to an activating group) is 1. The van der Waals surface area contributed by atoms with Gasteiger partial charge < -0.3 is 4.90 Å². The number of rotatable bonds is 2. The van der Waals surface area contributed by atoms with Crippen LogP contribution >= 0.6 is 0 Å². The first-order chi connectivity index (χ1) is 7.24. The maximum absolute atomic E-state index is 11.9. The van der Waals surface area contributed by atoms with Crippen LogP contribution in [0.3, 0.4) is 0 Å². The van der Waals surface area contributed by atoms with E-state index in [0.717, 1.165) is 18.5 Å². The van der Waals surface area contributed by atoms with Crippen LogP contribution in [0.5, 0.6) is 0 Å². The minimum absolute atomic E-state index is 0.165. The summed E-state index contributed by atoms with van der Waals surface area (Å²) in [6, 6.07) is 8.01. The predicted molar refractivity (Wildman–Crippen MR) is 61.1 cm³/mol. The van der Waals surface area contributed by atoms with Gasteiger partial charge in [0.05, 0.1) is 0 Å². The van der Waals surface area contributed by atoms with Gasteiger partial charge in [-0.2, -0.15) is 0 Å². The maximum atomic E-state index is 11.9. The van der Waals surface area contributed by atoms with Crippen molar-refractivity contribution < 1.29 is 4.79 Å². The van der Waals surface area contributed by atoms with Gasteiger partial charge in [0.15, 0.2) is 0 Å². The number of nitrogens with zero attached hydrogens (tertiary/aromatic N) is 1. The molecule has 2 nitrogen and oxygen atoms in total. The molecule has 0 saturated heterocycles. The van der Waals surface area contributed by atoms with Gasteiger partial charge in [0, 0.05) is 25.1 Å². The summed E-state index contributed by atoms with van der Waals surface area (Å²) in [5.74, 6) is 0.687. The van der Waals surface area contributed by atoms with Crippen molar-refractivity contribution >= 4 is 5.91 Å². The van der Waals surface area contributed by atoms with Crippen molar-refractivity contribution in [2.24, 2.45) is 0 Å². The standard InChI is InChI=1S/C13H17NO/c1-3-6-10-9-14(2)13(15)12-8-5-4-7-11(10)12/h4-5,7-8,10H,3,6,9H2,1-2H3. The third kappa shape index (κ3) is 1.76. The lowest BCUT2D eigenvalue weighted by Gasteiger charge is -2.31. The largest absolute Gasteiger partial charge is 0.341 e. The van der Waals surface area contributed by atoms with Crippen molar-refractivity contribution in [3.05, 3.63) is 35.4 Å². The van der Waals surface area contributed by atoms with Gasteiger partial charge in [0.1, 0.15) is 0 Å². The lowest BCUT2D eigenvalue weighted by Crippen LogP contribution is -2.36. The second-order valence-corrected chi connectivity index (χ2v) is 4.26. The molecule has 0 spiro atoms. The summed E-state index contributed by atoms with van der Waals surface area (Å²) in [6.07, 6.45) is 2.33. The molecule has 0 fully saturated rings. The normalized spacial score (nSPS) is 20.3. The molecule has 0 saturated carbocycles. The van der Waals surface area contributed by atoms with E-state index in [9.17, 15) is 4.79 Å². The fourth-order valence-electron chi connectivity index (χ4n) is 2.36. The van der Waals surface area contributed by atoms with E-state index in [1.54, 1.807) is 0 Å². The molecule has 1 aromatic carbocycles. The minimum atomic E-state index is 0.165. The lowest BCUT2D eigenvalue weighted by atomic mass is 9.87. The van der Waals surface area contributed by atoms with Crippen molar-refractivity contribution in [2.45, 2.75) is 25.7 Å². The second-order valence-electron chi connectivity index (χ2n) is 4.26. The van der Waals surface area contributed by atoms with Gasteiger partial charge in [-0.3, -0.25) is 4.79 Å². The van der Waals surface area contributed by atoms with Crippen molar-refractivity contribution in [1.82, 2.24) is 4.90 Å². The summed E-state index contributed by atoms with van der Waals surface area (Å²) in [6.45, 7) is 3.06. The Morgan fingerprint density at radius 1 is 1.40 bits per heavy atom. The Balaban J connectivity index is 2.40. The van der Waals surface area contributed by atoms with Crippen molar-refractivity contribution in [3.63, 3.8) is 0 Å². The van der Waals surface area contributed by atoms with E-state index in [1.807, 2.05) is 30.1 Å². The molecule has 1 aliphatic rings. The minimum Gasteiger partial charge on any atom is -0.341 e. The van der Waals surface area contributed by atoms with Crippen molar-refractivity contribution in [3.8, 4) is 0 Å². The van der Waals surface area contributed by atoms with Gasteiger partial charge >= 0.3 is 0 Å². The number of hydrogen-bond acceptors (Lipinski definition) is 1. The summed E-state index contributed by atoms with van der Waals surface area (Å²) in [5, 5.41) is 0. The van der Waals surface area contributed by atoms with Gasteiger partial charge in [-0.15, -0.1) is 0 Å². The Bertz CT molecular complexity index is 373. The molecule has 0 N–H and O–H groups in total. The van der Waals surface area contributed by atoms with Gasteiger partial charge in [0.25, 0.3) is 5.91 Å². The molecule has 1 atom stereocenters. The molecule has 15 heavy (non-hydrogen) atoms. The third-order valence-electron chi connectivity index (χ3n) is 3.11. The van der Waals surface area contributed by atoms with Crippen LogP contribution in [0, 0.1) is 0 Å². The Labute approximate surface area is 90.9 Å². The van der Waals surface area contributed by atoms with Crippen molar-refractivity contribution in [2.75, 3.05) is 13.6 Å². The van der Waals surface area contributed by atoms with E-state index in [0.29, 0.717) is 5.92 Å². The second kappa shape index (κ2) is 4.05. The molecule has 1 heterocycles. The molecule has 1 unspecified atom stereocenters. The number of carbonyl (C=O) groups excluding carboxylic acids is 1. The topological polar surface area (TPSA) is 20.3 Å². The average molecular weight is 203 g/mol. The smallest absolute Gasteiger partial charge is 0.253 e. The molecule has 1 aliphatic heterocycles. The van der Waals surface area contributed by atoms with Gasteiger partial charge in [-0.1, -0.05) is 31.5 Å². The maximum Gasteiger partial charge on any atom is 0.253 e. The average Bonchev–Trinajstić information content (AvgIpc) is 2.26. The van der Waals surface area contributed by atoms with E-state index < -0.39 is 0 Å². The van der Waals surface area contributed by atoms with Crippen LogP contribution in [0.25, 0.3) is 0 Å². The Morgan fingerprint density at radius 2 is 2.13 bits per heavy atom. The fourth-order valence-corrected chi connectivity index (χ4v) is 2.36. The van der Waals surface area contributed by atoms with Gasteiger partial charge in [-0.25, -0.2) is 0 Å². The van der Waals surface area contributed by atoms with Gasteiger partial charge in [0.2, 0.25) is 0 Å². The van der Waals surface area contributed by atoms with Crippen LogP contribution < -0.4 is 0 Å². The highest BCUT2D eigenvalue weighted by atomic mass is 16.2. The summed E-state index contributed by atoms with van der Waals surface area (Å²) in [5.41, 5.74) is 2.13. The summed E-state index contributed by atoms with van der Waals surface area (Å²) in [4.78, 5) is 13.7. The zero-order valence-electron chi connectivity index (χ0n) is 9.36. The molecular weight excluding hydrogens is 186 g/mol. The first-order valence-electron chi connectivity index (χ1n) is 5.58. The zero-order valence-corrected chi connectivity index (χ0v) is 9.36. The van der Waals surface area contributed by atoms with E-state index in [2.05, 4.69) is 13.0 Å². The number of benzene rings is 1. The van der Waals surface area contributed by atoms with E-state index in [4.69, 9.17) is 0 Å². The van der Waals surface area contributed by atoms with Crippen LogP contribution in [0.1, 0.15) is 41.6 Å². The molecule has 0 radical (unpaired) electrons. The van der Waals surface area contributed by atoms with Crippen LogP contribution in [0.2, 0.25) is 0 Å². The molecule has 80 valence electrons. The van der Waals surface area contributed by atoms with Crippen LogP contribution in [-0.2, 0) is 0 Å². The van der Waals surface area contributed by atoms with Crippen LogP contribution in [-0.4, -0.2) is 24.4 Å². The SMILES string of the molecule is CCCC1CN(C)C(=O)c2ccccc21. The van der Waals surface area contributed by atoms with E-state index >= 15 is 0 Å². The molecule has 1 aromatic rings. The lowest BCUT2D eigenvalue weighted by molar-refractivity contribution is 0.0763. The zero-order chi connectivity index (χ0) is 10.8. The fraction of sp³-hybridized carbons (Fsp3) is 0.462. The highest BCUT2D eigenvalue weighted by Gasteiger charge is 2.27. The Morgan fingerprint density at radius 3 is 2.87 bits per heavy atom.